The fourth-order valence-electron chi connectivity index (χ4n) is 23.3. The molecule has 10 saturated carbocycles. The van der Waals surface area contributed by atoms with E-state index in [1.54, 1.807) is 24.3 Å². The first-order valence-corrected chi connectivity index (χ1v) is 40.0. The summed E-state index contributed by atoms with van der Waals surface area (Å²) in [6.45, 7) is 25.4. The summed E-state index contributed by atoms with van der Waals surface area (Å²) >= 11 is 0. The molecule has 2 aromatic rings. The van der Waals surface area contributed by atoms with Crippen molar-refractivity contribution in [3.63, 3.8) is 0 Å². The number of benzene rings is 2. The van der Waals surface area contributed by atoms with Crippen molar-refractivity contribution in [2.75, 3.05) is 12.4 Å². The van der Waals surface area contributed by atoms with E-state index in [4.69, 9.17) is 4.74 Å². The average molecular weight is 1260 g/mol. The molecule has 11 aliphatic rings. The molecule has 10 aliphatic carbocycles. The fraction of sp³-hybridized carbons (Fsp3) is 0.833. The minimum Gasteiger partial charge on any atom is -0.390 e. The number of hydrogen-bond donors (Lipinski definition) is 3. The van der Waals surface area contributed by atoms with Crippen LogP contribution < -0.4 is 18.9 Å². The minimum atomic E-state index is -3.60. The topological polar surface area (TPSA) is 142 Å². The van der Waals surface area contributed by atoms with Crippen molar-refractivity contribution in [1.82, 2.24) is 0 Å². The Morgan fingerprint density at radius 1 is 0.517 bits per heavy atom. The van der Waals surface area contributed by atoms with E-state index >= 15 is 0 Å². The second-order valence-electron chi connectivity index (χ2n) is 34.1. The van der Waals surface area contributed by atoms with E-state index in [-0.39, 0.29) is 47.3 Å². The van der Waals surface area contributed by atoms with E-state index in [2.05, 4.69) is 55.4 Å². The number of rotatable bonds is 11. The first-order chi connectivity index (χ1) is 41.6. The van der Waals surface area contributed by atoms with Gasteiger partial charge in [0.25, 0.3) is 0 Å². The number of epoxide rings is 1. The van der Waals surface area contributed by atoms with Gasteiger partial charge in [0.1, 0.15) is 0 Å². The zero-order valence-electron chi connectivity index (χ0n) is 57.9. The molecular weight excluding hydrogens is 1140 g/mol. The molecular formula is C78H125LiO8S2. The van der Waals surface area contributed by atoms with Crippen LogP contribution in [0.15, 0.2) is 70.5 Å². The summed E-state index contributed by atoms with van der Waals surface area (Å²) in [5, 5.41) is 32.9. The number of sulfone groups is 2. The van der Waals surface area contributed by atoms with Gasteiger partial charge in [0.15, 0.2) is 19.7 Å². The largest absolute Gasteiger partial charge is 1.00 e. The Morgan fingerprint density at radius 3 is 1.38 bits per heavy atom. The average Bonchev–Trinajstić information content (AvgIpc) is 1.74. The minimum absolute atomic E-state index is 0. The number of unbranched alkanes of at least 4 members (excludes halogenated alkanes) is 1. The SMILES string of the molecule is C1CCCC2(CC1)CO2.C[C@H](C(CC1(O)CCCCCC1)S(=O)(=O)c1ccccc1)[C@H]1CC[C@H]2[C@@H]3CC[C@H]4C[C@@](C)(O)CC[C@]4(C)[C@H]3CC[C@]12C.C[C@H](CS(=O)(=O)c1ccccc1)[C@H]1CC[C@H]2[C@@H]3CC[C@H]4C[C@@](C)(O)CC[C@]4(C)[C@H]3CC[C@]12C.[CH2-]CCC.[Li+]. The third-order valence-corrected chi connectivity index (χ3v) is 32.8. The molecule has 1 spiro atoms. The molecule has 0 aromatic heterocycles. The van der Waals surface area contributed by atoms with E-state index in [1.807, 2.05) is 50.2 Å². The van der Waals surface area contributed by atoms with Crippen LogP contribution in [0.1, 0.15) is 274 Å². The summed E-state index contributed by atoms with van der Waals surface area (Å²) in [5.41, 5.74) is -0.311. The van der Waals surface area contributed by atoms with Gasteiger partial charge in [-0.15, -0.1) is 0 Å². The molecule has 0 amide bonds. The van der Waals surface area contributed by atoms with Crippen molar-refractivity contribution in [1.29, 1.82) is 0 Å². The number of aliphatic hydroxyl groups is 3. The fourth-order valence-corrected chi connectivity index (χ4v) is 27.1. The van der Waals surface area contributed by atoms with Crippen LogP contribution in [0.5, 0.6) is 0 Å². The normalized spacial score (nSPS) is 41.1. The number of fused-ring (bicyclic) bond motifs is 10. The van der Waals surface area contributed by atoms with E-state index < -0.39 is 41.7 Å². The smallest absolute Gasteiger partial charge is 0.390 e. The molecule has 3 N–H and O–H groups in total. The molecule has 0 bridgehead atoms. The summed E-state index contributed by atoms with van der Waals surface area (Å²) < 4.78 is 60.6. The van der Waals surface area contributed by atoms with Crippen LogP contribution in [0, 0.1) is 99.6 Å². The van der Waals surface area contributed by atoms with E-state index in [0.29, 0.717) is 62.2 Å². The Balaban J connectivity index is 0.000000177. The van der Waals surface area contributed by atoms with Crippen molar-refractivity contribution in [2.45, 2.75) is 312 Å². The van der Waals surface area contributed by atoms with Crippen LogP contribution in [0.3, 0.4) is 0 Å². The molecule has 1 aliphatic heterocycles. The van der Waals surface area contributed by atoms with E-state index in [0.717, 1.165) is 120 Å². The molecule has 1 unspecified atom stereocenters. The van der Waals surface area contributed by atoms with Crippen LogP contribution >= 0.6 is 0 Å². The third-order valence-electron chi connectivity index (χ3n) is 28.6. The van der Waals surface area contributed by atoms with Gasteiger partial charge in [0.2, 0.25) is 0 Å². The third kappa shape index (κ3) is 15.2. The van der Waals surface area contributed by atoms with E-state index in [1.165, 1.54) is 122 Å². The molecule has 89 heavy (non-hydrogen) atoms. The molecule has 1 saturated heterocycles. The van der Waals surface area contributed by atoms with Gasteiger partial charge in [-0.3, -0.25) is 0 Å². The van der Waals surface area contributed by atoms with Crippen molar-refractivity contribution in [2.24, 2.45) is 92.7 Å². The van der Waals surface area contributed by atoms with Gasteiger partial charge in [0, 0.05) is 0 Å². The maximum atomic E-state index is 14.4. The summed E-state index contributed by atoms with van der Waals surface area (Å²) in [6, 6.07) is 18.1. The molecule has 0 radical (unpaired) electrons. The van der Waals surface area contributed by atoms with Crippen LogP contribution in [-0.4, -0.2) is 72.2 Å². The van der Waals surface area contributed by atoms with Crippen molar-refractivity contribution in [3.8, 4) is 0 Å². The summed E-state index contributed by atoms with van der Waals surface area (Å²) in [6.07, 6.45) is 37.7. The molecule has 498 valence electrons. The van der Waals surface area contributed by atoms with Gasteiger partial charge in [0.05, 0.1) is 49.8 Å². The van der Waals surface area contributed by atoms with Crippen molar-refractivity contribution in [3.05, 3.63) is 67.6 Å². The van der Waals surface area contributed by atoms with Gasteiger partial charge in [-0.2, -0.15) is 6.42 Å². The van der Waals surface area contributed by atoms with Gasteiger partial charge >= 0.3 is 18.9 Å². The van der Waals surface area contributed by atoms with E-state index in [9.17, 15) is 32.2 Å². The molecule has 2 aromatic carbocycles. The van der Waals surface area contributed by atoms with Crippen molar-refractivity contribution >= 4 is 19.7 Å². The molecule has 11 fully saturated rings. The molecule has 11 heteroatoms. The quantitative estimate of drug-likeness (QED) is 0.0874. The number of hydrogen-bond acceptors (Lipinski definition) is 8. The summed E-state index contributed by atoms with van der Waals surface area (Å²) in [5.74, 6) is 7.05. The van der Waals surface area contributed by atoms with Crippen LogP contribution in [-0.2, 0) is 24.4 Å². The standard InChI is InChI=1S/C37H58O4S.C29H44O3S.C8H14O.C4H9.Li/c1-26(33(25-37(39)19-10-5-6-11-20-37)42(40,41)28-12-8-7-9-13-28)30-16-17-31-29-15-14-27-24-34(2,38)22-23-35(27,3)32(29)18-21-36(30,31)4;1-20(19-33(31,32)22-8-6-5-7-9-22)24-12-13-25-23-11-10-21-18-27(2,30)16-17-28(21,3)26(23)14-15-29(24,25)4;1-2-4-6-8(5-3-1)7-9-8;1-3-4-2;/h7-9,12-13,26-27,29-33,38-39H,5-6,10-11,14-25H2,1-4H3;5-9,20-21,23-26,30H,10-19H2,1-4H3;1-7H2;1,3-4H2,2H3;/q;;;-1;+1/t26-,27-,29-,30+,31-,32-,33?,34-,35-,36+;20-,21+,23+,24-,25+,26+,27+,28+,29-;;;/m01.../s1. The first-order valence-electron chi connectivity index (χ1n) is 36.8. The second-order valence-corrected chi connectivity index (χ2v) is 38.3. The van der Waals surface area contributed by atoms with Crippen molar-refractivity contribution < 1.29 is 55.8 Å². The van der Waals surface area contributed by atoms with Gasteiger partial charge in [-0.1, -0.05) is 143 Å². The maximum Gasteiger partial charge on any atom is 1.00 e. The van der Waals surface area contributed by atoms with Gasteiger partial charge < -0.3 is 27.0 Å². The Labute approximate surface area is 556 Å². The first kappa shape index (κ1) is 72.1. The Morgan fingerprint density at radius 2 is 0.933 bits per heavy atom. The predicted molar refractivity (Wildman–Crippen MR) is 360 cm³/mol. The van der Waals surface area contributed by atoms with Crippen LogP contribution in [0.25, 0.3) is 0 Å². The molecule has 19 atom stereocenters. The zero-order valence-corrected chi connectivity index (χ0v) is 59.6. The Bertz CT molecular complexity index is 2800. The maximum absolute atomic E-state index is 14.4. The molecule has 8 nitrogen and oxygen atoms in total. The molecule has 1 heterocycles. The van der Waals surface area contributed by atoms with Gasteiger partial charge in [-0.05, 0) is 278 Å². The van der Waals surface area contributed by atoms with Crippen LogP contribution in [0.4, 0.5) is 0 Å². The second kappa shape index (κ2) is 28.5. The zero-order chi connectivity index (χ0) is 63.2. The summed E-state index contributed by atoms with van der Waals surface area (Å²) in [7, 11) is -6.84. The predicted octanol–water partition coefficient (Wildman–Crippen LogP) is 15.6. The Hall–Kier alpha value is -1.22. The molecule has 13 rings (SSSR count). The van der Waals surface area contributed by atoms with Gasteiger partial charge in [-0.25, -0.2) is 16.8 Å². The van der Waals surface area contributed by atoms with Crippen LogP contribution in [0.2, 0.25) is 0 Å². The Kier molecular flexibility index (Phi) is 23.0. The summed E-state index contributed by atoms with van der Waals surface area (Å²) in [4.78, 5) is 0.890. The number of ether oxygens (including phenoxy) is 1. The monoisotopic (exact) mass is 1260 g/mol.